The summed E-state index contributed by atoms with van der Waals surface area (Å²) >= 11 is 0. The van der Waals surface area contributed by atoms with Crippen LogP contribution in [0.4, 0.5) is 0 Å². The molecular weight excluding hydrogens is 188 g/mol. The zero-order chi connectivity index (χ0) is 11.4. The lowest BCUT2D eigenvalue weighted by Gasteiger charge is -2.10. The zero-order valence-corrected chi connectivity index (χ0v) is 10.0. The SMILES string of the molecule is CCC(C)c1cnc(CC(C)C)c[n+]1[O-]. The van der Waals surface area contributed by atoms with Gasteiger partial charge in [0.25, 0.3) is 0 Å². The molecular formula is C12H20N2O. The van der Waals surface area contributed by atoms with E-state index >= 15 is 0 Å². The van der Waals surface area contributed by atoms with Crippen molar-refractivity contribution in [3.63, 3.8) is 0 Å². The molecule has 0 aromatic carbocycles. The molecule has 0 radical (unpaired) electrons. The molecule has 1 heterocycles. The topological polar surface area (TPSA) is 39.8 Å². The Bertz CT molecular complexity index is 323. The summed E-state index contributed by atoms with van der Waals surface area (Å²) in [6, 6.07) is 0. The number of nitrogens with zero attached hydrogens (tertiary/aromatic N) is 2. The van der Waals surface area contributed by atoms with Crippen molar-refractivity contribution in [2.75, 3.05) is 0 Å². The molecule has 0 amide bonds. The van der Waals surface area contributed by atoms with Gasteiger partial charge in [-0.1, -0.05) is 27.7 Å². The Labute approximate surface area is 91.7 Å². The van der Waals surface area contributed by atoms with Gasteiger partial charge in [0.05, 0.1) is 6.20 Å². The molecule has 1 rings (SSSR count). The first-order valence-electron chi connectivity index (χ1n) is 5.62. The van der Waals surface area contributed by atoms with Crippen LogP contribution in [0.3, 0.4) is 0 Å². The summed E-state index contributed by atoms with van der Waals surface area (Å²) in [4.78, 5) is 4.33. The zero-order valence-electron chi connectivity index (χ0n) is 10.0. The van der Waals surface area contributed by atoms with Crippen LogP contribution in [0.2, 0.25) is 0 Å². The molecule has 0 saturated heterocycles. The lowest BCUT2D eigenvalue weighted by Crippen LogP contribution is -2.34. The van der Waals surface area contributed by atoms with Crippen molar-refractivity contribution < 1.29 is 4.73 Å². The Morgan fingerprint density at radius 1 is 1.40 bits per heavy atom. The minimum atomic E-state index is 0.281. The summed E-state index contributed by atoms with van der Waals surface area (Å²) in [6.07, 6.45) is 5.16. The van der Waals surface area contributed by atoms with Crippen molar-refractivity contribution in [1.82, 2.24) is 4.98 Å². The highest BCUT2D eigenvalue weighted by molar-refractivity contribution is 5.00. The van der Waals surface area contributed by atoms with Crippen LogP contribution in [-0.2, 0) is 6.42 Å². The fourth-order valence-corrected chi connectivity index (χ4v) is 1.53. The molecule has 3 nitrogen and oxygen atoms in total. The summed E-state index contributed by atoms with van der Waals surface area (Å²) in [5.41, 5.74) is 1.65. The first kappa shape index (κ1) is 12.0. The van der Waals surface area contributed by atoms with Gasteiger partial charge in [-0.05, 0) is 18.8 Å². The predicted octanol–water partition coefficient (Wildman–Crippen LogP) is 2.43. The summed E-state index contributed by atoms with van der Waals surface area (Å²) in [6.45, 7) is 8.37. The molecule has 0 spiro atoms. The summed E-state index contributed by atoms with van der Waals surface area (Å²) in [7, 11) is 0. The Kier molecular flexibility index (Phi) is 4.06. The maximum atomic E-state index is 11.7. The van der Waals surface area contributed by atoms with E-state index in [0.717, 1.165) is 29.0 Å². The van der Waals surface area contributed by atoms with E-state index in [1.54, 1.807) is 12.4 Å². The van der Waals surface area contributed by atoms with Gasteiger partial charge in [0, 0.05) is 5.92 Å². The van der Waals surface area contributed by atoms with Crippen molar-refractivity contribution in [3.8, 4) is 0 Å². The van der Waals surface area contributed by atoms with Crippen molar-refractivity contribution in [2.45, 2.75) is 46.5 Å². The van der Waals surface area contributed by atoms with E-state index in [2.05, 4.69) is 25.8 Å². The van der Waals surface area contributed by atoms with Crippen LogP contribution in [0, 0.1) is 11.1 Å². The Hall–Kier alpha value is -1.12. The van der Waals surface area contributed by atoms with Crippen LogP contribution in [0.5, 0.6) is 0 Å². The lowest BCUT2D eigenvalue weighted by atomic mass is 10.1. The van der Waals surface area contributed by atoms with Gasteiger partial charge in [-0.3, -0.25) is 0 Å². The molecule has 0 bridgehead atoms. The van der Waals surface area contributed by atoms with Crippen LogP contribution >= 0.6 is 0 Å². The van der Waals surface area contributed by atoms with Gasteiger partial charge in [-0.15, -0.1) is 0 Å². The molecule has 0 saturated carbocycles. The van der Waals surface area contributed by atoms with Crippen molar-refractivity contribution in [1.29, 1.82) is 0 Å². The first-order valence-corrected chi connectivity index (χ1v) is 5.62. The van der Waals surface area contributed by atoms with Crippen LogP contribution in [0.1, 0.15) is 51.4 Å². The predicted molar refractivity (Wildman–Crippen MR) is 60.4 cm³/mol. The van der Waals surface area contributed by atoms with Crippen LogP contribution < -0.4 is 4.73 Å². The van der Waals surface area contributed by atoms with Crippen LogP contribution in [-0.4, -0.2) is 4.98 Å². The molecule has 1 unspecified atom stereocenters. The average molecular weight is 208 g/mol. The summed E-state index contributed by atoms with van der Waals surface area (Å²) in [5.74, 6) is 0.815. The van der Waals surface area contributed by atoms with E-state index in [-0.39, 0.29) is 5.92 Å². The largest absolute Gasteiger partial charge is 0.618 e. The quantitative estimate of drug-likeness (QED) is 0.563. The van der Waals surface area contributed by atoms with E-state index in [4.69, 9.17) is 0 Å². The smallest absolute Gasteiger partial charge is 0.213 e. The maximum Gasteiger partial charge on any atom is 0.213 e. The number of hydrogen-bond acceptors (Lipinski definition) is 2. The number of rotatable bonds is 4. The second-order valence-electron chi connectivity index (χ2n) is 4.54. The van der Waals surface area contributed by atoms with Gasteiger partial charge in [-0.25, -0.2) is 4.98 Å². The highest BCUT2D eigenvalue weighted by Crippen LogP contribution is 2.14. The van der Waals surface area contributed by atoms with E-state index < -0.39 is 0 Å². The average Bonchev–Trinajstić information content (AvgIpc) is 2.16. The minimum absolute atomic E-state index is 0.281. The van der Waals surface area contributed by atoms with E-state index in [9.17, 15) is 5.21 Å². The molecule has 1 aromatic heterocycles. The molecule has 0 N–H and O–H groups in total. The fourth-order valence-electron chi connectivity index (χ4n) is 1.53. The van der Waals surface area contributed by atoms with E-state index in [0.29, 0.717) is 5.92 Å². The summed E-state index contributed by atoms with van der Waals surface area (Å²) < 4.78 is 0.971. The van der Waals surface area contributed by atoms with E-state index in [1.807, 2.05) is 6.92 Å². The molecule has 3 heteroatoms. The highest BCUT2D eigenvalue weighted by Gasteiger charge is 2.14. The second kappa shape index (κ2) is 5.10. The fraction of sp³-hybridized carbons (Fsp3) is 0.667. The summed E-state index contributed by atoms with van der Waals surface area (Å²) in [5, 5.41) is 11.7. The maximum absolute atomic E-state index is 11.7. The molecule has 0 aliphatic rings. The molecule has 0 aliphatic carbocycles. The standard InChI is InChI=1S/C12H20N2O/c1-5-10(4)12-7-13-11(6-9(2)3)8-14(12)15/h7-10H,5-6H2,1-4H3. The first-order chi connectivity index (χ1) is 7.04. The molecule has 0 fully saturated rings. The number of aromatic nitrogens is 2. The van der Waals surface area contributed by atoms with Crippen molar-refractivity contribution in [3.05, 3.63) is 29.0 Å². The van der Waals surface area contributed by atoms with Gasteiger partial charge < -0.3 is 5.21 Å². The number of hydrogen-bond donors (Lipinski definition) is 0. The van der Waals surface area contributed by atoms with Gasteiger partial charge in [-0.2, -0.15) is 4.73 Å². The molecule has 1 aromatic rings. The monoisotopic (exact) mass is 208 g/mol. The normalized spacial score (nSPS) is 13.1. The Balaban J connectivity index is 2.88. The molecule has 1 atom stereocenters. The lowest BCUT2D eigenvalue weighted by molar-refractivity contribution is -0.616. The third kappa shape index (κ3) is 3.18. The minimum Gasteiger partial charge on any atom is -0.618 e. The highest BCUT2D eigenvalue weighted by atomic mass is 16.5. The Morgan fingerprint density at radius 3 is 2.53 bits per heavy atom. The van der Waals surface area contributed by atoms with Crippen LogP contribution in [0.15, 0.2) is 12.4 Å². The second-order valence-corrected chi connectivity index (χ2v) is 4.54. The van der Waals surface area contributed by atoms with Crippen molar-refractivity contribution in [2.24, 2.45) is 5.92 Å². The van der Waals surface area contributed by atoms with Gasteiger partial charge in [0.1, 0.15) is 5.69 Å². The van der Waals surface area contributed by atoms with E-state index in [1.165, 1.54) is 0 Å². The third-order valence-electron chi connectivity index (χ3n) is 2.62. The van der Waals surface area contributed by atoms with Gasteiger partial charge in [0.15, 0.2) is 0 Å². The third-order valence-corrected chi connectivity index (χ3v) is 2.62. The van der Waals surface area contributed by atoms with Gasteiger partial charge in [0.2, 0.25) is 11.9 Å². The molecule has 0 aliphatic heterocycles. The molecule has 84 valence electrons. The molecule has 15 heavy (non-hydrogen) atoms. The van der Waals surface area contributed by atoms with Crippen molar-refractivity contribution >= 4 is 0 Å². The van der Waals surface area contributed by atoms with Crippen LogP contribution in [0.25, 0.3) is 0 Å². The van der Waals surface area contributed by atoms with Gasteiger partial charge >= 0.3 is 0 Å². The Morgan fingerprint density at radius 2 is 2.07 bits per heavy atom.